The lowest BCUT2D eigenvalue weighted by Crippen LogP contribution is -2.12. The van der Waals surface area contributed by atoms with E-state index in [1.807, 2.05) is 24.3 Å². The van der Waals surface area contributed by atoms with Crippen molar-refractivity contribution < 1.29 is 14.3 Å². The van der Waals surface area contributed by atoms with Crippen LogP contribution in [0.3, 0.4) is 0 Å². The molecular formula is C15H20O3. The van der Waals surface area contributed by atoms with Crippen LogP contribution in [0.4, 0.5) is 0 Å². The predicted octanol–water partition coefficient (Wildman–Crippen LogP) is 3.44. The summed E-state index contributed by atoms with van der Waals surface area (Å²) in [6.45, 7) is 8.17. The Morgan fingerprint density at radius 3 is 2.11 bits per heavy atom. The van der Waals surface area contributed by atoms with E-state index in [4.69, 9.17) is 4.74 Å². The summed E-state index contributed by atoms with van der Waals surface area (Å²) in [4.78, 5) is 11.4. The number of hydrogen-bond acceptors (Lipinski definition) is 3. The molecule has 0 aliphatic carbocycles. The molecule has 0 amide bonds. The average molecular weight is 248 g/mol. The molecule has 3 nitrogen and oxygen atoms in total. The Morgan fingerprint density at radius 1 is 1.17 bits per heavy atom. The zero-order valence-electron chi connectivity index (χ0n) is 11.6. The van der Waals surface area contributed by atoms with Gasteiger partial charge in [0.05, 0.1) is 7.11 Å². The van der Waals surface area contributed by atoms with Crippen LogP contribution in [0.15, 0.2) is 36.1 Å². The Hall–Kier alpha value is -1.77. The molecule has 0 heterocycles. The molecule has 98 valence electrons. The molecule has 0 atom stereocenters. The van der Waals surface area contributed by atoms with Crippen LogP contribution in [0, 0.1) is 0 Å². The van der Waals surface area contributed by atoms with Crippen LogP contribution < -0.4 is 4.74 Å². The number of carbonyl (C=O) groups excluding carboxylic acids is 1. The molecule has 0 fully saturated rings. The van der Waals surface area contributed by atoms with Gasteiger partial charge in [0.15, 0.2) is 0 Å². The minimum Gasteiger partial charge on any atom is -0.463 e. The molecule has 0 radical (unpaired) electrons. The highest BCUT2D eigenvalue weighted by atomic mass is 16.6. The quantitative estimate of drug-likeness (QED) is 0.467. The minimum absolute atomic E-state index is 0.101. The fourth-order valence-electron chi connectivity index (χ4n) is 1.47. The minimum atomic E-state index is -0.475. The maximum Gasteiger partial charge on any atom is 0.373 e. The third kappa shape index (κ3) is 3.62. The standard InChI is InChI=1S/C15H20O3/c1-6-13(14(16)17-5)18-12-9-7-11(8-10-12)15(2,3)4/h6-10H,1-5H3/b13-6-. The highest BCUT2D eigenvalue weighted by Gasteiger charge is 2.14. The summed E-state index contributed by atoms with van der Waals surface area (Å²) >= 11 is 0. The highest BCUT2D eigenvalue weighted by molar-refractivity contribution is 5.86. The van der Waals surface area contributed by atoms with Gasteiger partial charge in [-0.15, -0.1) is 0 Å². The van der Waals surface area contributed by atoms with Gasteiger partial charge in [0, 0.05) is 0 Å². The summed E-state index contributed by atoms with van der Waals surface area (Å²) in [5.41, 5.74) is 1.32. The summed E-state index contributed by atoms with van der Waals surface area (Å²) in [6, 6.07) is 7.71. The van der Waals surface area contributed by atoms with E-state index in [1.54, 1.807) is 13.0 Å². The van der Waals surface area contributed by atoms with Crippen molar-refractivity contribution in [3.8, 4) is 5.75 Å². The highest BCUT2D eigenvalue weighted by Crippen LogP contribution is 2.25. The molecule has 3 heteroatoms. The van der Waals surface area contributed by atoms with Crippen molar-refractivity contribution in [3.63, 3.8) is 0 Å². The summed E-state index contributed by atoms with van der Waals surface area (Å²) in [7, 11) is 1.33. The maximum atomic E-state index is 11.4. The number of allylic oxidation sites excluding steroid dienone is 1. The van der Waals surface area contributed by atoms with Gasteiger partial charge in [0.25, 0.3) is 0 Å². The zero-order valence-corrected chi connectivity index (χ0v) is 11.6. The molecule has 0 aromatic heterocycles. The lowest BCUT2D eigenvalue weighted by Gasteiger charge is -2.19. The van der Waals surface area contributed by atoms with Crippen LogP contribution in [0.2, 0.25) is 0 Å². The first-order valence-electron chi connectivity index (χ1n) is 5.91. The molecule has 18 heavy (non-hydrogen) atoms. The van der Waals surface area contributed by atoms with Crippen molar-refractivity contribution in [2.45, 2.75) is 33.1 Å². The number of ether oxygens (including phenoxy) is 2. The topological polar surface area (TPSA) is 35.5 Å². The van der Waals surface area contributed by atoms with Crippen molar-refractivity contribution in [1.29, 1.82) is 0 Å². The second-order valence-corrected chi connectivity index (χ2v) is 5.02. The first-order valence-corrected chi connectivity index (χ1v) is 5.91. The third-order valence-electron chi connectivity index (χ3n) is 2.60. The maximum absolute atomic E-state index is 11.4. The molecule has 1 aromatic rings. The Morgan fingerprint density at radius 2 is 1.72 bits per heavy atom. The summed E-state index contributed by atoms with van der Waals surface area (Å²) in [5.74, 6) is 0.347. The second-order valence-electron chi connectivity index (χ2n) is 5.02. The molecule has 0 bridgehead atoms. The lowest BCUT2D eigenvalue weighted by molar-refractivity contribution is -0.138. The van der Waals surface area contributed by atoms with Crippen LogP contribution >= 0.6 is 0 Å². The fraction of sp³-hybridized carbons (Fsp3) is 0.400. The van der Waals surface area contributed by atoms with E-state index in [-0.39, 0.29) is 11.2 Å². The van der Waals surface area contributed by atoms with E-state index in [9.17, 15) is 4.79 Å². The van der Waals surface area contributed by atoms with E-state index in [2.05, 4.69) is 25.5 Å². The van der Waals surface area contributed by atoms with Gasteiger partial charge < -0.3 is 9.47 Å². The van der Waals surface area contributed by atoms with Crippen molar-refractivity contribution in [3.05, 3.63) is 41.7 Å². The van der Waals surface area contributed by atoms with Gasteiger partial charge in [-0.3, -0.25) is 0 Å². The van der Waals surface area contributed by atoms with Gasteiger partial charge in [-0.2, -0.15) is 0 Å². The SMILES string of the molecule is C/C=C(\Oc1ccc(C(C)(C)C)cc1)C(=O)OC. The van der Waals surface area contributed by atoms with Crippen LogP contribution in [0.1, 0.15) is 33.3 Å². The Kier molecular flexibility index (Phi) is 4.54. The number of methoxy groups -OCH3 is 1. The molecule has 0 N–H and O–H groups in total. The van der Waals surface area contributed by atoms with E-state index < -0.39 is 5.97 Å². The summed E-state index contributed by atoms with van der Waals surface area (Å²) < 4.78 is 10.1. The van der Waals surface area contributed by atoms with E-state index in [0.717, 1.165) is 0 Å². The van der Waals surface area contributed by atoms with E-state index >= 15 is 0 Å². The summed E-state index contributed by atoms with van der Waals surface area (Å²) in [6.07, 6.45) is 1.59. The van der Waals surface area contributed by atoms with Gasteiger partial charge in [0.2, 0.25) is 5.76 Å². The van der Waals surface area contributed by atoms with E-state index in [1.165, 1.54) is 12.7 Å². The van der Waals surface area contributed by atoms with Crippen LogP contribution in [0.25, 0.3) is 0 Å². The van der Waals surface area contributed by atoms with Gasteiger partial charge >= 0.3 is 5.97 Å². The molecule has 0 saturated carbocycles. The smallest absolute Gasteiger partial charge is 0.373 e. The first kappa shape index (κ1) is 14.3. The Bertz CT molecular complexity index is 436. The number of rotatable bonds is 3. The predicted molar refractivity (Wildman–Crippen MR) is 71.5 cm³/mol. The van der Waals surface area contributed by atoms with Crippen LogP contribution in [0.5, 0.6) is 5.75 Å². The van der Waals surface area contributed by atoms with Gasteiger partial charge in [-0.05, 0) is 36.1 Å². The normalized spacial score (nSPS) is 12.2. The molecule has 1 aromatic carbocycles. The zero-order chi connectivity index (χ0) is 13.8. The van der Waals surface area contributed by atoms with Crippen molar-refractivity contribution in [2.24, 2.45) is 0 Å². The van der Waals surface area contributed by atoms with E-state index in [0.29, 0.717) is 5.75 Å². The number of esters is 1. The molecule has 0 spiro atoms. The number of benzene rings is 1. The third-order valence-corrected chi connectivity index (χ3v) is 2.60. The van der Waals surface area contributed by atoms with Gasteiger partial charge in [0.1, 0.15) is 5.75 Å². The van der Waals surface area contributed by atoms with Crippen LogP contribution in [-0.4, -0.2) is 13.1 Å². The van der Waals surface area contributed by atoms with Crippen LogP contribution in [-0.2, 0) is 14.9 Å². The molecule has 0 aliphatic rings. The molecule has 0 unspecified atom stereocenters. The van der Waals surface area contributed by atoms with Crippen molar-refractivity contribution in [1.82, 2.24) is 0 Å². The molecular weight excluding hydrogens is 228 g/mol. The first-order chi connectivity index (χ1) is 8.38. The van der Waals surface area contributed by atoms with Crippen molar-refractivity contribution in [2.75, 3.05) is 7.11 Å². The monoisotopic (exact) mass is 248 g/mol. The number of hydrogen-bond donors (Lipinski definition) is 0. The second kappa shape index (κ2) is 5.71. The van der Waals surface area contributed by atoms with Gasteiger partial charge in [-0.1, -0.05) is 32.9 Å². The molecule has 0 saturated heterocycles. The number of carbonyl (C=O) groups is 1. The van der Waals surface area contributed by atoms with Crippen molar-refractivity contribution >= 4 is 5.97 Å². The average Bonchev–Trinajstić information content (AvgIpc) is 2.34. The lowest BCUT2D eigenvalue weighted by atomic mass is 9.87. The molecule has 0 aliphatic heterocycles. The van der Waals surface area contributed by atoms with Gasteiger partial charge in [-0.25, -0.2) is 4.79 Å². The molecule has 1 rings (SSSR count). The fourth-order valence-corrected chi connectivity index (χ4v) is 1.47. The Balaban J connectivity index is 2.84. The largest absolute Gasteiger partial charge is 0.463 e. The summed E-state index contributed by atoms with van der Waals surface area (Å²) in [5, 5.41) is 0. The Labute approximate surface area is 108 Å².